The number of amides is 3. The zero-order chi connectivity index (χ0) is 15.0. The summed E-state index contributed by atoms with van der Waals surface area (Å²) >= 11 is 0. The maximum absolute atomic E-state index is 12.7. The van der Waals surface area contributed by atoms with Crippen molar-refractivity contribution in [2.45, 2.75) is 31.7 Å². The van der Waals surface area contributed by atoms with E-state index in [-0.39, 0.29) is 18.0 Å². The Labute approximate surface area is 123 Å². The van der Waals surface area contributed by atoms with Gasteiger partial charge in [0.15, 0.2) is 0 Å². The average Bonchev–Trinajstić information content (AvgIpc) is 2.87. The molecule has 116 valence electrons. The largest absolute Gasteiger partial charge is 0.481 e. The molecule has 0 bridgehead atoms. The van der Waals surface area contributed by atoms with E-state index in [1.54, 1.807) is 9.80 Å². The third-order valence-corrected chi connectivity index (χ3v) is 4.94. The number of carboxylic acid groups (broad SMARTS) is 1. The van der Waals surface area contributed by atoms with Crippen molar-refractivity contribution in [3.05, 3.63) is 0 Å². The van der Waals surface area contributed by atoms with Gasteiger partial charge in [-0.25, -0.2) is 4.79 Å². The highest BCUT2D eigenvalue weighted by Crippen LogP contribution is 2.32. The minimum absolute atomic E-state index is 0.0297. The zero-order valence-corrected chi connectivity index (χ0v) is 12.0. The van der Waals surface area contributed by atoms with Crippen molar-refractivity contribution in [2.24, 2.45) is 11.8 Å². The maximum atomic E-state index is 12.7. The van der Waals surface area contributed by atoms with E-state index in [9.17, 15) is 19.5 Å². The van der Waals surface area contributed by atoms with Gasteiger partial charge in [-0.05, 0) is 12.8 Å². The number of nitrogens with zero attached hydrogens (tertiary/aromatic N) is 2. The first-order chi connectivity index (χ1) is 10.1. The van der Waals surface area contributed by atoms with Crippen LogP contribution in [0.5, 0.6) is 0 Å². The van der Waals surface area contributed by atoms with Crippen molar-refractivity contribution >= 4 is 17.9 Å². The van der Waals surface area contributed by atoms with Crippen LogP contribution in [-0.4, -0.2) is 65.0 Å². The number of aliphatic carboxylic acids is 1. The minimum Gasteiger partial charge on any atom is -0.481 e. The summed E-state index contributed by atoms with van der Waals surface area (Å²) < 4.78 is 0. The predicted octanol–water partition coefficient (Wildman–Crippen LogP) is 0.113. The smallest absolute Gasteiger partial charge is 0.317 e. The third-order valence-electron chi connectivity index (χ3n) is 4.94. The molecule has 0 radical (unpaired) electrons. The molecule has 0 aromatic carbocycles. The van der Waals surface area contributed by atoms with E-state index in [0.29, 0.717) is 39.0 Å². The summed E-state index contributed by atoms with van der Waals surface area (Å²) in [6.07, 6.45) is 3.06. The van der Waals surface area contributed by atoms with E-state index in [4.69, 9.17) is 0 Å². The standard InChI is InChI=1S/C14H21N3O4/c18-12(10-3-1-2-4-11(10)13(19)20)16-5-6-17-9(8-16)7-15-14(17)21/h9-11H,1-8H2,(H,15,21)(H,19,20). The molecule has 3 amide bonds. The fourth-order valence-corrected chi connectivity index (χ4v) is 3.76. The van der Waals surface area contributed by atoms with Crippen molar-refractivity contribution in [1.29, 1.82) is 0 Å². The van der Waals surface area contributed by atoms with E-state index >= 15 is 0 Å². The Balaban J connectivity index is 1.67. The number of nitrogens with one attached hydrogen (secondary N) is 1. The Morgan fingerprint density at radius 1 is 1.14 bits per heavy atom. The zero-order valence-electron chi connectivity index (χ0n) is 12.0. The molecule has 3 rings (SSSR count). The molecule has 2 saturated heterocycles. The molecule has 3 fully saturated rings. The lowest BCUT2D eigenvalue weighted by Gasteiger charge is -2.39. The molecule has 7 nitrogen and oxygen atoms in total. The normalized spacial score (nSPS) is 32.6. The Morgan fingerprint density at radius 2 is 1.86 bits per heavy atom. The van der Waals surface area contributed by atoms with Gasteiger partial charge in [0.2, 0.25) is 5.91 Å². The summed E-state index contributed by atoms with van der Waals surface area (Å²) in [5.41, 5.74) is 0. The van der Waals surface area contributed by atoms with Crippen molar-refractivity contribution in [1.82, 2.24) is 15.1 Å². The van der Waals surface area contributed by atoms with E-state index in [0.717, 1.165) is 12.8 Å². The number of carbonyl (C=O) groups excluding carboxylic acids is 2. The highest BCUT2D eigenvalue weighted by molar-refractivity contribution is 5.85. The molecule has 1 aliphatic carbocycles. The molecule has 0 aromatic rings. The Morgan fingerprint density at radius 3 is 2.57 bits per heavy atom. The van der Waals surface area contributed by atoms with Crippen LogP contribution in [0.1, 0.15) is 25.7 Å². The minimum atomic E-state index is -0.857. The van der Waals surface area contributed by atoms with Gasteiger partial charge in [0, 0.05) is 26.2 Å². The fraction of sp³-hybridized carbons (Fsp3) is 0.786. The number of piperazine rings is 1. The number of carboxylic acids is 1. The highest BCUT2D eigenvalue weighted by atomic mass is 16.4. The SMILES string of the molecule is O=C(O)C1CCCCC1C(=O)N1CCN2C(=O)NCC2C1. The van der Waals surface area contributed by atoms with Crippen LogP contribution in [0, 0.1) is 11.8 Å². The van der Waals surface area contributed by atoms with Gasteiger partial charge in [-0.3, -0.25) is 9.59 Å². The first-order valence-electron chi connectivity index (χ1n) is 7.64. The Bertz CT molecular complexity index is 467. The molecule has 0 aromatic heterocycles. The lowest BCUT2D eigenvalue weighted by molar-refractivity contribution is -0.153. The first-order valence-corrected chi connectivity index (χ1v) is 7.64. The number of hydrogen-bond acceptors (Lipinski definition) is 3. The maximum Gasteiger partial charge on any atom is 0.317 e. The van der Waals surface area contributed by atoms with Gasteiger partial charge in [-0.2, -0.15) is 0 Å². The summed E-state index contributed by atoms with van der Waals surface area (Å²) in [5, 5.41) is 12.1. The number of urea groups is 1. The van der Waals surface area contributed by atoms with Crippen molar-refractivity contribution < 1.29 is 19.5 Å². The molecular weight excluding hydrogens is 274 g/mol. The van der Waals surface area contributed by atoms with Crippen LogP contribution in [0.4, 0.5) is 4.79 Å². The molecule has 3 aliphatic rings. The van der Waals surface area contributed by atoms with Crippen molar-refractivity contribution in [2.75, 3.05) is 26.2 Å². The Hall–Kier alpha value is -1.79. The summed E-state index contributed by atoms with van der Waals surface area (Å²) in [7, 11) is 0. The van der Waals surface area contributed by atoms with Crippen LogP contribution >= 0.6 is 0 Å². The van der Waals surface area contributed by atoms with E-state index in [2.05, 4.69) is 5.32 Å². The second-order valence-corrected chi connectivity index (χ2v) is 6.15. The van der Waals surface area contributed by atoms with Crippen LogP contribution in [-0.2, 0) is 9.59 Å². The molecular formula is C14H21N3O4. The first kappa shape index (κ1) is 14.2. The van der Waals surface area contributed by atoms with E-state index in [1.807, 2.05) is 0 Å². The molecule has 7 heteroatoms. The molecule has 3 unspecified atom stereocenters. The number of fused-ring (bicyclic) bond motifs is 1. The molecule has 2 heterocycles. The van der Waals surface area contributed by atoms with Gasteiger partial charge in [0.1, 0.15) is 0 Å². The van der Waals surface area contributed by atoms with E-state index < -0.39 is 17.8 Å². The van der Waals surface area contributed by atoms with Crippen LogP contribution in [0.15, 0.2) is 0 Å². The number of carbonyl (C=O) groups is 3. The van der Waals surface area contributed by atoms with Gasteiger partial charge in [-0.15, -0.1) is 0 Å². The summed E-state index contributed by atoms with van der Waals surface area (Å²) in [6, 6.07) is -0.0322. The van der Waals surface area contributed by atoms with Gasteiger partial charge in [-0.1, -0.05) is 12.8 Å². The fourth-order valence-electron chi connectivity index (χ4n) is 3.76. The van der Waals surface area contributed by atoms with Crippen LogP contribution in [0.25, 0.3) is 0 Å². The number of rotatable bonds is 2. The molecule has 2 N–H and O–H groups in total. The van der Waals surface area contributed by atoms with E-state index in [1.165, 1.54) is 0 Å². The molecule has 2 aliphatic heterocycles. The summed E-state index contributed by atoms with van der Waals surface area (Å²) in [4.78, 5) is 39.1. The second-order valence-electron chi connectivity index (χ2n) is 6.15. The number of hydrogen-bond donors (Lipinski definition) is 2. The van der Waals surface area contributed by atoms with Crippen molar-refractivity contribution in [3.8, 4) is 0 Å². The third kappa shape index (κ3) is 2.56. The van der Waals surface area contributed by atoms with Gasteiger partial charge in [0.05, 0.1) is 17.9 Å². The second kappa shape index (κ2) is 5.54. The van der Waals surface area contributed by atoms with Crippen LogP contribution in [0.3, 0.4) is 0 Å². The van der Waals surface area contributed by atoms with Crippen LogP contribution < -0.4 is 5.32 Å². The summed E-state index contributed by atoms with van der Waals surface area (Å²) in [5.74, 6) is -1.84. The Kier molecular flexibility index (Phi) is 3.73. The molecule has 21 heavy (non-hydrogen) atoms. The lowest BCUT2D eigenvalue weighted by Crippen LogP contribution is -2.56. The van der Waals surface area contributed by atoms with Gasteiger partial charge in [0.25, 0.3) is 0 Å². The monoisotopic (exact) mass is 295 g/mol. The summed E-state index contributed by atoms with van der Waals surface area (Å²) in [6.45, 7) is 2.12. The topological polar surface area (TPSA) is 90.0 Å². The molecule has 3 atom stereocenters. The molecule has 0 spiro atoms. The van der Waals surface area contributed by atoms with Gasteiger partial charge >= 0.3 is 12.0 Å². The van der Waals surface area contributed by atoms with Crippen LogP contribution in [0.2, 0.25) is 0 Å². The quantitative estimate of drug-likeness (QED) is 0.757. The van der Waals surface area contributed by atoms with Gasteiger partial charge < -0.3 is 20.2 Å². The molecule has 1 saturated carbocycles. The predicted molar refractivity (Wildman–Crippen MR) is 73.6 cm³/mol. The highest BCUT2D eigenvalue weighted by Gasteiger charge is 2.42. The average molecular weight is 295 g/mol. The van der Waals surface area contributed by atoms with Crippen molar-refractivity contribution in [3.63, 3.8) is 0 Å². The lowest BCUT2D eigenvalue weighted by atomic mass is 9.78.